The van der Waals surface area contributed by atoms with Crippen molar-refractivity contribution in [2.24, 2.45) is 0 Å². The molecule has 0 atom stereocenters. The molecule has 2 N–H and O–H groups in total. The SMILES string of the molecule is N#Cc1cc(N)cnc1N1CCN(c2nccs2)CC1. The van der Waals surface area contributed by atoms with Crippen LogP contribution in [0.4, 0.5) is 16.6 Å². The van der Waals surface area contributed by atoms with Crippen LogP contribution in [0.5, 0.6) is 0 Å². The van der Waals surface area contributed by atoms with Crippen molar-refractivity contribution in [2.45, 2.75) is 0 Å². The second-order valence-corrected chi connectivity index (χ2v) is 5.41. The molecule has 2 aromatic rings. The van der Waals surface area contributed by atoms with E-state index in [9.17, 15) is 5.26 Å². The number of aromatic nitrogens is 2. The van der Waals surface area contributed by atoms with Crippen molar-refractivity contribution in [3.63, 3.8) is 0 Å². The maximum Gasteiger partial charge on any atom is 0.185 e. The summed E-state index contributed by atoms with van der Waals surface area (Å²) in [7, 11) is 0. The van der Waals surface area contributed by atoms with Crippen LogP contribution >= 0.6 is 11.3 Å². The van der Waals surface area contributed by atoms with Crippen molar-refractivity contribution in [3.05, 3.63) is 29.4 Å². The van der Waals surface area contributed by atoms with Crippen molar-refractivity contribution in [3.8, 4) is 6.07 Å². The molecule has 20 heavy (non-hydrogen) atoms. The van der Waals surface area contributed by atoms with Crippen LogP contribution in [0.25, 0.3) is 0 Å². The van der Waals surface area contributed by atoms with Crippen molar-refractivity contribution >= 4 is 28.0 Å². The lowest BCUT2D eigenvalue weighted by Gasteiger charge is -2.35. The fourth-order valence-corrected chi connectivity index (χ4v) is 2.99. The highest BCUT2D eigenvalue weighted by Gasteiger charge is 2.21. The maximum atomic E-state index is 9.18. The predicted octanol–water partition coefficient (Wildman–Crippen LogP) is 1.32. The van der Waals surface area contributed by atoms with Gasteiger partial charge in [-0.2, -0.15) is 5.26 Å². The van der Waals surface area contributed by atoms with Crippen LogP contribution in [-0.4, -0.2) is 36.1 Å². The lowest BCUT2D eigenvalue weighted by atomic mass is 10.2. The lowest BCUT2D eigenvalue weighted by molar-refractivity contribution is 0.645. The van der Waals surface area contributed by atoms with E-state index in [0.29, 0.717) is 11.3 Å². The van der Waals surface area contributed by atoms with Crippen molar-refractivity contribution < 1.29 is 0 Å². The third-order valence-electron chi connectivity index (χ3n) is 3.28. The third kappa shape index (κ3) is 2.38. The summed E-state index contributed by atoms with van der Waals surface area (Å²) >= 11 is 1.65. The molecule has 0 radical (unpaired) electrons. The number of thiazole rings is 1. The number of piperazine rings is 1. The second kappa shape index (κ2) is 5.35. The highest BCUT2D eigenvalue weighted by atomic mass is 32.1. The summed E-state index contributed by atoms with van der Waals surface area (Å²) in [5, 5.41) is 12.2. The lowest BCUT2D eigenvalue weighted by Crippen LogP contribution is -2.47. The Morgan fingerprint density at radius 2 is 1.95 bits per heavy atom. The van der Waals surface area contributed by atoms with Gasteiger partial charge in [-0.1, -0.05) is 0 Å². The molecule has 0 amide bonds. The average molecular weight is 286 g/mol. The predicted molar refractivity (Wildman–Crippen MR) is 79.9 cm³/mol. The number of hydrogen-bond acceptors (Lipinski definition) is 7. The van der Waals surface area contributed by atoms with Gasteiger partial charge in [-0.15, -0.1) is 11.3 Å². The first kappa shape index (κ1) is 12.7. The van der Waals surface area contributed by atoms with E-state index in [4.69, 9.17) is 5.73 Å². The molecule has 0 spiro atoms. The van der Waals surface area contributed by atoms with E-state index in [2.05, 4.69) is 25.8 Å². The van der Waals surface area contributed by atoms with E-state index in [1.807, 2.05) is 11.6 Å². The molecule has 1 aliphatic heterocycles. The van der Waals surface area contributed by atoms with Gasteiger partial charge in [0, 0.05) is 37.8 Å². The summed E-state index contributed by atoms with van der Waals surface area (Å²) < 4.78 is 0. The largest absolute Gasteiger partial charge is 0.397 e. The van der Waals surface area contributed by atoms with E-state index in [1.165, 1.54) is 0 Å². The number of nitrogens with zero attached hydrogens (tertiary/aromatic N) is 5. The zero-order valence-corrected chi connectivity index (χ0v) is 11.7. The number of nitrogen functional groups attached to an aromatic ring is 1. The molecule has 3 rings (SSSR count). The zero-order valence-electron chi connectivity index (χ0n) is 10.9. The number of hydrogen-bond donors (Lipinski definition) is 1. The van der Waals surface area contributed by atoms with Crippen LogP contribution in [-0.2, 0) is 0 Å². The van der Waals surface area contributed by atoms with E-state index in [-0.39, 0.29) is 0 Å². The Balaban J connectivity index is 1.74. The molecule has 1 saturated heterocycles. The Morgan fingerprint density at radius 1 is 1.20 bits per heavy atom. The summed E-state index contributed by atoms with van der Waals surface area (Å²) in [6.07, 6.45) is 3.42. The molecule has 1 aliphatic rings. The van der Waals surface area contributed by atoms with Crippen molar-refractivity contribution in [2.75, 3.05) is 41.7 Å². The molecule has 3 heterocycles. The van der Waals surface area contributed by atoms with E-state index in [1.54, 1.807) is 23.6 Å². The Hall–Kier alpha value is -2.33. The normalized spacial score (nSPS) is 15.2. The number of nitriles is 1. The first-order valence-electron chi connectivity index (χ1n) is 6.33. The molecule has 7 heteroatoms. The van der Waals surface area contributed by atoms with Gasteiger partial charge in [0.25, 0.3) is 0 Å². The van der Waals surface area contributed by atoms with Gasteiger partial charge >= 0.3 is 0 Å². The molecule has 6 nitrogen and oxygen atoms in total. The van der Waals surface area contributed by atoms with Gasteiger partial charge in [-0.05, 0) is 6.07 Å². The molecule has 0 aromatic carbocycles. The second-order valence-electron chi connectivity index (χ2n) is 4.54. The van der Waals surface area contributed by atoms with Crippen molar-refractivity contribution in [1.29, 1.82) is 5.26 Å². The summed E-state index contributed by atoms with van der Waals surface area (Å²) in [6, 6.07) is 3.84. The quantitative estimate of drug-likeness (QED) is 0.896. The molecule has 0 unspecified atom stereocenters. The molecule has 2 aromatic heterocycles. The van der Waals surface area contributed by atoms with E-state index in [0.717, 1.165) is 37.1 Å². The van der Waals surface area contributed by atoms with E-state index < -0.39 is 0 Å². The van der Waals surface area contributed by atoms with Gasteiger partial charge in [-0.25, -0.2) is 9.97 Å². The van der Waals surface area contributed by atoms with Crippen LogP contribution in [0.1, 0.15) is 5.56 Å². The number of anilines is 3. The Bertz CT molecular complexity index is 625. The third-order valence-corrected chi connectivity index (χ3v) is 4.11. The monoisotopic (exact) mass is 286 g/mol. The minimum Gasteiger partial charge on any atom is -0.397 e. The molecule has 1 fully saturated rings. The average Bonchev–Trinajstić information content (AvgIpc) is 3.01. The molecule has 102 valence electrons. The fraction of sp³-hybridized carbons (Fsp3) is 0.308. The van der Waals surface area contributed by atoms with Crippen LogP contribution in [0.2, 0.25) is 0 Å². The highest BCUT2D eigenvalue weighted by molar-refractivity contribution is 7.13. The zero-order chi connectivity index (χ0) is 13.9. The Kier molecular flexibility index (Phi) is 3.39. The van der Waals surface area contributed by atoms with Gasteiger partial charge < -0.3 is 15.5 Å². The number of pyridine rings is 1. The summed E-state index contributed by atoms with van der Waals surface area (Å²) in [6.45, 7) is 3.41. The summed E-state index contributed by atoms with van der Waals surface area (Å²) in [4.78, 5) is 13.0. The van der Waals surface area contributed by atoms with Gasteiger partial charge in [0.05, 0.1) is 17.4 Å². The molecule has 0 bridgehead atoms. The topological polar surface area (TPSA) is 82.1 Å². The van der Waals surface area contributed by atoms with Gasteiger partial charge in [0.15, 0.2) is 5.13 Å². The minimum atomic E-state index is 0.520. The van der Waals surface area contributed by atoms with Crippen LogP contribution in [0.3, 0.4) is 0 Å². The molecular formula is C13H14N6S. The molecule has 0 aliphatic carbocycles. The Labute approximate surface area is 121 Å². The minimum absolute atomic E-state index is 0.520. The van der Waals surface area contributed by atoms with Gasteiger partial charge in [0.2, 0.25) is 0 Å². The molecule has 0 saturated carbocycles. The highest BCUT2D eigenvalue weighted by Crippen LogP contribution is 2.23. The smallest absolute Gasteiger partial charge is 0.185 e. The van der Waals surface area contributed by atoms with Gasteiger partial charge in [-0.3, -0.25) is 0 Å². The van der Waals surface area contributed by atoms with E-state index >= 15 is 0 Å². The Morgan fingerprint density at radius 3 is 2.60 bits per heavy atom. The number of nitrogens with two attached hydrogens (primary N) is 1. The van der Waals surface area contributed by atoms with Crippen LogP contribution < -0.4 is 15.5 Å². The first-order chi connectivity index (χ1) is 9.78. The summed E-state index contributed by atoms with van der Waals surface area (Å²) in [5.74, 6) is 0.723. The van der Waals surface area contributed by atoms with Crippen molar-refractivity contribution in [1.82, 2.24) is 9.97 Å². The summed E-state index contributed by atoms with van der Waals surface area (Å²) in [5.41, 5.74) is 6.73. The fourth-order valence-electron chi connectivity index (χ4n) is 2.29. The first-order valence-corrected chi connectivity index (χ1v) is 7.21. The van der Waals surface area contributed by atoms with Gasteiger partial charge in [0.1, 0.15) is 11.9 Å². The van der Waals surface area contributed by atoms with Crippen LogP contribution in [0.15, 0.2) is 23.8 Å². The standard InChI is InChI=1S/C13H14N6S/c14-8-10-7-11(15)9-17-12(10)18-2-4-19(5-3-18)13-16-1-6-20-13/h1,6-7,9H,2-5,15H2. The van der Waals surface area contributed by atoms with Crippen LogP contribution in [0, 0.1) is 11.3 Å². The number of rotatable bonds is 2. The molecular weight excluding hydrogens is 272 g/mol. The maximum absolute atomic E-state index is 9.18.